The lowest BCUT2D eigenvalue weighted by Gasteiger charge is -2.34. The number of carbonyl (C=O) groups excluding carboxylic acids is 1. The van der Waals surface area contributed by atoms with E-state index in [1.807, 2.05) is 38.1 Å². The highest BCUT2D eigenvalue weighted by Crippen LogP contribution is 2.27. The van der Waals surface area contributed by atoms with E-state index >= 15 is 0 Å². The van der Waals surface area contributed by atoms with Crippen LogP contribution in [0, 0.1) is 20.8 Å². The third-order valence-corrected chi connectivity index (χ3v) is 5.62. The second-order valence-corrected chi connectivity index (χ2v) is 8.18. The van der Waals surface area contributed by atoms with Crippen molar-refractivity contribution in [3.8, 4) is 0 Å². The first kappa shape index (κ1) is 20.0. The number of halogens is 2. The monoisotopic (exact) mass is 406 g/mol. The van der Waals surface area contributed by atoms with Gasteiger partial charge >= 0.3 is 0 Å². The quantitative estimate of drug-likeness (QED) is 0.817. The molecule has 0 unspecified atom stereocenters. The first-order valence-electron chi connectivity index (χ1n) is 9.25. The Morgan fingerprint density at radius 3 is 2.44 bits per heavy atom. The second-order valence-electron chi connectivity index (χ2n) is 7.33. The summed E-state index contributed by atoms with van der Waals surface area (Å²) in [6, 6.07) is 9.91. The molecule has 0 radical (unpaired) electrons. The largest absolute Gasteiger partial charge is 0.360 e. The zero-order valence-electron chi connectivity index (χ0n) is 16.0. The van der Waals surface area contributed by atoms with Gasteiger partial charge in [-0.15, -0.1) is 0 Å². The van der Waals surface area contributed by atoms with Crippen molar-refractivity contribution in [2.24, 2.45) is 0 Å². The third-order valence-electron chi connectivity index (χ3n) is 5.09. The van der Waals surface area contributed by atoms with Crippen LogP contribution in [-0.2, 0) is 4.79 Å². The first-order chi connectivity index (χ1) is 12.8. The Bertz CT molecular complexity index is 822. The van der Waals surface area contributed by atoms with Crippen molar-refractivity contribution in [2.75, 3.05) is 42.9 Å². The van der Waals surface area contributed by atoms with Gasteiger partial charge in [0.05, 0.1) is 36.9 Å². The highest BCUT2D eigenvalue weighted by atomic mass is 35.5. The average Bonchev–Trinajstić information content (AvgIpc) is 2.61. The number of piperazine rings is 1. The van der Waals surface area contributed by atoms with E-state index in [-0.39, 0.29) is 5.91 Å². The Labute approximate surface area is 171 Å². The zero-order valence-corrected chi connectivity index (χ0v) is 17.5. The molecule has 144 valence electrons. The average molecular weight is 407 g/mol. The number of benzene rings is 2. The van der Waals surface area contributed by atoms with Crippen molar-refractivity contribution >= 4 is 40.5 Å². The number of quaternary nitrogens is 1. The van der Waals surface area contributed by atoms with Gasteiger partial charge in [0.2, 0.25) is 0 Å². The number of anilines is 2. The molecule has 2 aromatic carbocycles. The molecule has 1 amide bonds. The standard InChI is InChI=1S/C21H25Cl2N3O/c1-14-10-16(3)21(18(23)11-14)24-20(27)13-25-6-8-26(9-7-25)19-12-17(22)5-4-15(19)2/h4-5,10-12H,6-9,13H2,1-3H3,(H,24,27)/p+1. The normalized spacial score (nSPS) is 15.1. The molecule has 6 heteroatoms. The fraction of sp³-hybridized carbons (Fsp3) is 0.381. The molecule has 1 aliphatic heterocycles. The Kier molecular flexibility index (Phi) is 6.30. The number of hydrogen-bond donors (Lipinski definition) is 2. The maximum atomic E-state index is 12.5. The molecule has 3 rings (SSSR count). The van der Waals surface area contributed by atoms with Gasteiger partial charge in [-0.2, -0.15) is 0 Å². The fourth-order valence-corrected chi connectivity index (χ4v) is 4.18. The lowest BCUT2D eigenvalue weighted by atomic mass is 10.1. The van der Waals surface area contributed by atoms with Gasteiger partial charge in [-0.1, -0.05) is 35.3 Å². The number of hydrogen-bond acceptors (Lipinski definition) is 2. The van der Waals surface area contributed by atoms with Crippen LogP contribution in [0.5, 0.6) is 0 Å². The highest BCUT2D eigenvalue weighted by Gasteiger charge is 2.23. The van der Waals surface area contributed by atoms with E-state index in [2.05, 4.69) is 23.2 Å². The van der Waals surface area contributed by atoms with Crippen LogP contribution >= 0.6 is 23.2 Å². The Hall–Kier alpha value is -1.75. The summed E-state index contributed by atoms with van der Waals surface area (Å²) in [5.41, 5.74) is 5.22. The number of carbonyl (C=O) groups is 1. The Morgan fingerprint density at radius 1 is 1.07 bits per heavy atom. The lowest BCUT2D eigenvalue weighted by molar-refractivity contribution is -0.892. The van der Waals surface area contributed by atoms with E-state index in [9.17, 15) is 4.79 Å². The van der Waals surface area contributed by atoms with Crippen LogP contribution in [0.2, 0.25) is 10.0 Å². The van der Waals surface area contributed by atoms with E-state index in [1.165, 1.54) is 16.2 Å². The zero-order chi connectivity index (χ0) is 19.6. The summed E-state index contributed by atoms with van der Waals surface area (Å²) >= 11 is 12.4. The molecular weight excluding hydrogens is 381 g/mol. The molecule has 0 bridgehead atoms. The smallest absolute Gasteiger partial charge is 0.279 e. The molecular formula is C21H26Cl2N3O+. The summed E-state index contributed by atoms with van der Waals surface area (Å²) in [5, 5.41) is 4.34. The van der Waals surface area contributed by atoms with E-state index in [4.69, 9.17) is 23.2 Å². The van der Waals surface area contributed by atoms with Crippen LogP contribution in [0.25, 0.3) is 0 Å². The summed E-state index contributed by atoms with van der Waals surface area (Å²) in [6.07, 6.45) is 0. The van der Waals surface area contributed by atoms with Crippen molar-refractivity contribution in [2.45, 2.75) is 20.8 Å². The van der Waals surface area contributed by atoms with Crippen molar-refractivity contribution in [1.29, 1.82) is 0 Å². The van der Waals surface area contributed by atoms with Crippen molar-refractivity contribution in [3.63, 3.8) is 0 Å². The summed E-state index contributed by atoms with van der Waals surface area (Å²) < 4.78 is 0. The number of nitrogens with zero attached hydrogens (tertiary/aromatic N) is 1. The highest BCUT2D eigenvalue weighted by molar-refractivity contribution is 6.34. The van der Waals surface area contributed by atoms with E-state index < -0.39 is 0 Å². The predicted octanol–water partition coefficient (Wildman–Crippen LogP) is 3.26. The minimum atomic E-state index is 0.00578. The van der Waals surface area contributed by atoms with Crippen LogP contribution in [-0.4, -0.2) is 38.6 Å². The Morgan fingerprint density at radius 2 is 1.78 bits per heavy atom. The van der Waals surface area contributed by atoms with E-state index in [1.54, 1.807) is 0 Å². The van der Waals surface area contributed by atoms with Gasteiger partial charge in [-0.3, -0.25) is 4.79 Å². The maximum absolute atomic E-state index is 12.5. The molecule has 0 aromatic heterocycles. The third kappa shape index (κ3) is 4.95. The molecule has 0 spiro atoms. The van der Waals surface area contributed by atoms with Crippen LogP contribution in [0.3, 0.4) is 0 Å². The number of aryl methyl sites for hydroxylation is 3. The molecule has 1 fully saturated rings. The van der Waals surface area contributed by atoms with Crippen LogP contribution < -0.4 is 15.1 Å². The van der Waals surface area contributed by atoms with Crippen molar-refractivity contribution in [3.05, 3.63) is 57.1 Å². The molecule has 27 heavy (non-hydrogen) atoms. The van der Waals surface area contributed by atoms with Gasteiger partial charge in [0.25, 0.3) is 5.91 Å². The topological polar surface area (TPSA) is 36.8 Å². The molecule has 4 nitrogen and oxygen atoms in total. The van der Waals surface area contributed by atoms with Crippen molar-refractivity contribution in [1.82, 2.24) is 0 Å². The maximum Gasteiger partial charge on any atom is 0.279 e. The number of amides is 1. The van der Waals surface area contributed by atoms with E-state index in [0.717, 1.165) is 48.0 Å². The summed E-state index contributed by atoms with van der Waals surface area (Å²) in [7, 11) is 0. The van der Waals surface area contributed by atoms with Gasteiger partial charge in [-0.25, -0.2) is 0 Å². The molecule has 0 aliphatic carbocycles. The fourth-order valence-electron chi connectivity index (χ4n) is 3.65. The molecule has 1 saturated heterocycles. The van der Waals surface area contributed by atoms with Crippen molar-refractivity contribution < 1.29 is 9.69 Å². The van der Waals surface area contributed by atoms with Gasteiger partial charge < -0.3 is 15.1 Å². The minimum absolute atomic E-state index is 0.00578. The first-order valence-corrected chi connectivity index (χ1v) is 10.0. The van der Waals surface area contributed by atoms with Gasteiger partial charge in [0.1, 0.15) is 0 Å². The molecule has 2 N–H and O–H groups in total. The molecule has 0 atom stereocenters. The number of nitrogens with one attached hydrogen (secondary N) is 2. The van der Waals surface area contributed by atoms with Crippen LogP contribution in [0.1, 0.15) is 16.7 Å². The van der Waals surface area contributed by atoms with Gasteiger partial charge in [0.15, 0.2) is 6.54 Å². The molecule has 1 aliphatic rings. The summed E-state index contributed by atoms with van der Waals surface area (Å²) in [6.45, 7) is 10.2. The number of rotatable bonds is 4. The Balaban J connectivity index is 1.56. The molecule has 1 heterocycles. The second kappa shape index (κ2) is 8.51. The molecule has 2 aromatic rings. The van der Waals surface area contributed by atoms with Gasteiger partial charge in [0, 0.05) is 10.7 Å². The summed E-state index contributed by atoms with van der Waals surface area (Å²) in [5.74, 6) is 0.00578. The van der Waals surface area contributed by atoms with Gasteiger partial charge in [-0.05, 0) is 55.7 Å². The van der Waals surface area contributed by atoms with Crippen LogP contribution in [0.15, 0.2) is 30.3 Å². The minimum Gasteiger partial charge on any atom is -0.360 e. The lowest BCUT2D eigenvalue weighted by Crippen LogP contribution is -3.15. The van der Waals surface area contributed by atoms with Crippen LogP contribution in [0.4, 0.5) is 11.4 Å². The SMILES string of the molecule is Cc1cc(C)c(NC(=O)C[NH+]2CCN(c3cc(Cl)ccc3C)CC2)c(Cl)c1. The molecule has 0 saturated carbocycles. The summed E-state index contributed by atoms with van der Waals surface area (Å²) in [4.78, 5) is 16.1. The van der Waals surface area contributed by atoms with E-state index in [0.29, 0.717) is 11.6 Å². The predicted molar refractivity (Wildman–Crippen MR) is 114 cm³/mol.